The van der Waals surface area contributed by atoms with E-state index in [1.807, 2.05) is 18.2 Å². The van der Waals surface area contributed by atoms with E-state index < -0.39 is 0 Å². The Balaban J connectivity index is 1.44. The molecule has 4 rings (SSSR count). The number of amides is 1. The molecule has 132 valence electrons. The average molecular weight is 341 g/mol. The summed E-state index contributed by atoms with van der Waals surface area (Å²) in [5, 5.41) is 8.45. The summed E-state index contributed by atoms with van der Waals surface area (Å²) < 4.78 is 5.88. The number of nitrogens with one attached hydrogen (secondary N) is 3. The van der Waals surface area contributed by atoms with Gasteiger partial charge in [-0.15, -0.1) is 0 Å². The molecule has 6 heteroatoms. The first-order chi connectivity index (χ1) is 12.1. The summed E-state index contributed by atoms with van der Waals surface area (Å²) in [7, 11) is 0. The molecule has 2 heterocycles. The molecule has 1 amide bonds. The third kappa shape index (κ3) is 3.02. The van der Waals surface area contributed by atoms with E-state index in [9.17, 15) is 9.59 Å². The summed E-state index contributed by atoms with van der Waals surface area (Å²) in [6, 6.07) is 10.4. The topological polar surface area (TPSA) is 87.0 Å². The van der Waals surface area contributed by atoms with Gasteiger partial charge in [-0.25, -0.2) is 0 Å². The highest BCUT2D eigenvalue weighted by Gasteiger charge is 2.53. The van der Waals surface area contributed by atoms with Crippen molar-refractivity contribution < 1.29 is 9.53 Å². The SMILES string of the molecule is Cc1[nH][nH]c(=O)c1CC(=O)NC1C2CCOC2C1Cc1ccccc1. The Hall–Kier alpha value is -2.34. The van der Waals surface area contributed by atoms with Crippen molar-refractivity contribution in [3.05, 3.63) is 57.5 Å². The molecule has 1 aromatic heterocycles. The second-order valence-corrected chi connectivity index (χ2v) is 7.09. The van der Waals surface area contributed by atoms with Crippen LogP contribution in [0.3, 0.4) is 0 Å². The Morgan fingerprint density at radius 3 is 2.80 bits per heavy atom. The first kappa shape index (κ1) is 16.1. The smallest absolute Gasteiger partial charge is 0.267 e. The van der Waals surface area contributed by atoms with Crippen molar-refractivity contribution in [2.75, 3.05) is 6.61 Å². The van der Waals surface area contributed by atoms with Crippen LogP contribution in [-0.2, 0) is 22.4 Å². The van der Waals surface area contributed by atoms with Gasteiger partial charge >= 0.3 is 0 Å². The highest BCUT2D eigenvalue weighted by atomic mass is 16.5. The monoisotopic (exact) mass is 341 g/mol. The minimum atomic E-state index is -0.218. The standard InChI is InChI=1S/C19H23N3O3/c1-11-14(19(24)22-21-11)10-16(23)20-17-13-7-8-25-18(13)15(17)9-12-5-3-2-4-6-12/h2-6,13,15,17-18H,7-10H2,1H3,(H,20,23)(H2,21,22,24). The number of aromatic nitrogens is 2. The summed E-state index contributed by atoms with van der Waals surface area (Å²) in [5.74, 6) is 0.592. The van der Waals surface area contributed by atoms with Crippen molar-refractivity contribution in [2.24, 2.45) is 11.8 Å². The third-order valence-electron chi connectivity index (χ3n) is 5.60. The zero-order valence-electron chi connectivity index (χ0n) is 14.2. The van der Waals surface area contributed by atoms with Crippen molar-refractivity contribution in [3.8, 4) is 0 Å². The fourth-order valence-electron chi connectivity index (χ4n) is 4.25. The minimum Gasteiger partial charge on any atom is -0.377 e. The first-order valence-electron chi connectivity index (χ1n) is 8.84. The van der Waals surface area contributed by atoms with E-state index in [4.69, 9.17) is 4.74 Å². The fourth-order valence-corrected chi connectivity index (χ4v) is 4.25. The second-order valence-electron chi connectivity index (χ2n) is 7.09. The van der Waals surface area contributed by atoms with Crippen molar-refractivity contribution in [1.29, 1.82) is 0 Å². The fraction of sp³-hybridized carbons (Fsp3) is 0.474. The molecular formula is C19H23N3O3. The Morgan fingerprint density at radius 2 is 2.08 bits per heavy atom. The van der Waals surface area contributed by atoms with Crippen LogP contribution >= 0.6 is 0 Å². The van der Waals surface area contributed by atoms with Gasteiger partial charge in [-0.1, -0.05) is 30.3 Å². The van der Waals surface area contributed by atoms with E-state index in [0.717, 1.165) is 25.1 Å². The number of hydrogen-bond acceptors (Lipinski definition) is 3. The van der Waals surface area contributed by atoms with Crippen LogP contribution in [0, 0.1) is 18.8 Å². The number of H-pyrrole nitrogens is 2. The van der Waals surface area contributed by atoms with E-state index in [1.165, 1.54) is 5.56 Å². The Morgan fingerprint density at radius 1 is 1.28 bits per heavy atom. The van der Waals surface area contributed by atoms with Gasteiger partial charge in [-0.3, -0.25) is 14.7 Å². The molecule has 25 heavy (non-hydrogen) atoms. The molecule has 2 fully saturated rings. The molecule has 0 bridgehead atoms. The van der Waals surface area contributed by atoms with E-state index in [-0.39, 0.29) is 30.0 Å². The van der Waals surface area contributed by atoms with Gasteiger partial charge < -0.3 is 15.2 Å². The molecule has 4 atom stereocenters. The molecule has 2 aromatic rings. The Labute approximate surface area is 146 Å². The van der Waals surface area contributed by atoms with Crippen LogP contribution in [0.5, 0.6) is 0 Å². The maximum atomic E-state index is 12.5. The lowest BCUT2D eigenvalue weighted by atomic mass is 9.64. The normalized spacial score (nSPS) is 27.6. The number of rotatable bonds is 5. The van der Waals surface area contributed by atoms with Gasteiger partial charge in [0.2, 0.25) is 5.91 Å². The van der Waals surface area contributed by atoms with Crippen molar-refractivity contribution in [2.45, 2.75) is 38.3 Å². The molecule has 4 unspecified atom stereocenters. The number of ether oxygens (including phenoxy) is 1. The predicted molar refractivity (Wildman–Crippen MR) is 93.3 cm³/mol. The number of hydrogen-bond donors (Lipinski definition) is 3. The number of fused-ring (bicyclic) bond motifs is 1. The van der Waals surface area contributed by atoms with E-state index in [0.29, 0.717) is 17.4 Å². The lowest BCUT2D eigenvalue weighted by Crippen LogP contribution is -2.62. The Kier molecular flexibility index (Phi) is 4.21. The van der Waals surface area contributed by atoms with Crippen LogP contribution in [0.1, 0.15) is 23.2 Å². The van der Waals surface area contributed by atoms with Crippen LogP contribution in [-0.4, -0.2) is 34.9 Å². The molecule has 1 saturated heterocycles. The summed E-state index contributed by atoms with van der Waals surface area (Å²) in [6.45, 7) is 2.56. The van der Waals surface area contributed by atoms with E-state index in [2.05, 4.69) is 27.6 Å². The van der Waals surface area contributed by atoms with Crippen molar-refractivity contribution >= 4 is 5.91 Å². The molecule has 6 nitrogen and oxygen atoms in total. The van der Waals surface area contributed by atoms with E-state index in [1.54, 1.807) is 6.92 Å². The zero-order valence-corrected chi connectivity index (χ0v) is 14.2. The number of aromatic amines is 2. The number of benzene rings is 1. The van der Waals surface area contributed by atoms with Gasteiger partial charge in [0, 0.05) is 35.7 Å². The summed E-state index contributed by atoms with van der Waals surface area (Å²) >= 11 is 0. The molecule has 2 aliphatic rings. The molecule has 0 radical (unpaired) electrons. The van der Waals surface area contributed by atoms with E-state index >= 15 is 0 Å². The molecule has 1 aliphatic heterocycles. The van der Waals surface area contributed by atoms with Gasteiger partial charge in [-0.2, -0.15) is 0 Å². The molecule has 1 saturated carbocycles. The maximum Gasteiger partial charge on any atom is 0.267 e. The molecule has 1 aliphatic carbocycles. The summed E-state index contributed by atoms with van der Waals surface area (Å²) in [6.07, 6.45) is 2.24. The van der Waals surface area contributed by atoms with Crippen LogP contribution in [0.4, 0.5) is 0 Å². The van der Waals surface area contributed by atoms with Crippen LogP contribution in [0.15, 0.2) is 35.1 Å². The largest absolute Gasteiger partial charge is 0.377 e. The van der Waals surface area contributed by atoms with Crippen LogP contribution < -0.4 is 10.9 Å². The molecular weight excluding hydrogens is 318 g/mol. The van der Waals surface area contributed by atoms with Gasteiger partial charge in [0.1, 0.15) is 0 Å². The molecule has 3 N–H and O–H groups in total. The highest BCUT2D eigenvalue weighted by molar-refractivity contribution is 5.79. The third-order valence-corrected chi connectivity index (χ3v) is 5.60. The number of carbonyl (C=O) groups is 1. The zero-order chi connectivity index (χ0) is 17.4. The quantitative estimate of drug-likeness (QED) is 0.766. The second kappa shape index (κ2) is 6.52. The lowest BCUT2D eigenvalue weighted by molar-refractivity contribution is -0.126. The maximum absolute atomic E-state index is 12.5. The molecule has 1 aromatic carbocycles. The molecule has 0 spiro atoms. The van der Waals surface area contributed by atoms with Gasteiger partial charge in [0.15, 0.2) is 0 Å². The van der Waals surface area contributed by atoms with Crippen molar-refractivity contribution in [3.63, 3.8) is 0 Å². The van der Waals surface area contributed by atoms with Crippen molar-refractivity contribution in [1.82, 2.24) is 15.5 Å². The minimum absolute atomic E-state index is 0.0957. The predicted octanol–water partition coefficient (Wildman–Crippen LogP) is 1.32. The van der Waals surface area contributed by atoms with Gasteiger partial charge in [0.05, 0.1) is 12.5 Å². The summed E-state index contributed by atoms with van der Waals surface area (Å²) in [5.41, 5.74) is 2.27. The van der Waals surface area contributed by atoms with Crippen LogP contribution in [0.2, 0.25) is 0 Å². The number of carbonyl (C=O) groups excluding carboxylic acids is 1. The lowest BCUT2D eigenvalue weighted by Gasteiger charge is -2.48. The highest BCUT2D eigenvalue weighted by Crippen LogP contribution is 2.45. The van der Waals surface area contributed by atoms with Gasteiger partial charge in [0.25, 0.3) is 5.56 Å². The first-order valence-corrected chi connectivity index (χ1v) is 8.84. The Bertz CT molecular complexity index is 811. The van der Waals surface area contributed by atoms with Crippen LogP contribution in [0.25, 0.3) is 0 Å². The summed E-state index contributed by atoms with van der Waals surface area (Å²) in [4.78, 5) is 24.2. The number of aryl methyl sites for hydroxylation is 1. The average Bonchev–Trinajstić information content (AvgIpc) is 3.18. The van der Waals surface area contributed by atoms with Gasteiger partial charge in [-0.05, 0) is 25.3 Å².